The molecule has 1 aliphatic heterocycles. The van der Waals surface area contributed by atoms with Crippen molar-refractivity contribution in [2.45, 2.75) is 31.9 Å². The minimum Gasteiger partial charge on any atom is -0.469 e. The Morgan fingerprint density at radius 1 is 1.71 bits per heavy atom. The van der Waals surface area contributed by atoms with Crippen LogP contribution in [0.5, 0.6) is 0 Å². The van der Waals surface area contributed by atoms with Gasteiger partial charge in [0.1, 0.15) is 0 Å². The van der Waals surface area contributed by atoms with Gasteiger partial charge in [-0.3, -0.25) is 4.79 Å². The van der Waals surface area contributed by atoms with Crippen molar-refractivity contribution >= 4 is 5.97 Å². The highest BCUT2D eigenvalue weighted by Crippen LogP contribution is 2.32. The van der Waals surface area contributed by atoms with Crippen molar-refractivity contribution in [3.05, 3.63) is 0 Å². The third-order valence-electron chi connectivity index (χ3n) is 3.29. The first-order valence-corrected chi connectivity index (χ1v) is 4.91. The first-order valence-electron chi connectivity index (χ1n) is 4.91. The smallest absolute Gasteiger partial charge is 0.311 e. The summed E-state index contributed by atoms with van der Waals surface area (Å²) >= 11 is 0. The minimum atomic E-state index is -0.929. The lowest BCUT2D eigenvalue weighted by molar-refractivity contribution is -0.153. The zero-order valence-corrected chi connectivity index (χ0v) is 9.28. The average molecular weight is 201 g/mol. The van der Waals surface area contributed by atoms with E-state index in [1.54, 1.807) is 6.92 Å². The fourth-order valence-corrected chi connectivity index (χ4v) is 2.03. The van der Waals surface area contributed by atoms with Crippen LogP contribution < -0.4 is 0 Å². The second-order valence-electron chi connectivity index (χ2n) is 4.32. The van der Waals surface area contributed by atoms with Crippen LogP contribution in [0.15, 0.2) is 0 Å². The van der Waals surface area contributed by atoms with E-state index in [1.165, 1.54) is 7.11 Å². The first kappa shape index (κ1) is 11.5. The quantitative estimate of drug-likeness (QED) is 0.651. The van der Waals surface area contributed by atoms with E-state index in [4.69, 9.17) is 0 Å². The summed E-state index contributed by atoms with van der Waals surface area (Å²) in [5, 5.41) is 10.3. The lowest BCUT2D eigenvalue weighted by Gasteiger charge is -2.27. The highest BCUT2D eigenvalue weighted by molar-refractivity contribution is 5.73. The Balaban J connectivity index is 2.72. The molecule has 4 nitrogen and oxygen atoms in total. The van der Waals surface area contributed by atoms with Gasteiger partial charge < -0.3 is 14.7 Å². The summed E-state index contributed by atoms with van der Waals surface area (Å²) in [6, 6.07) is 0.312. The predicted octanol–water partition coefficient (Wildman–Crippen LogP) is 0.251. The lowest BCUT2D eigenvalue weighted by atomic mass is 9.87. The molecule has 1 saturated heterocycles. The molecule has 0 radical (unpaired) electrons. The number of likely N-dealkylation sites (N-methyl/N-ethyl adjacent to an activating group) is 1. The van der Waals surface area contributed by atoms with Gasteiger partial charge in [-0.1, -0.05) is 0 Å². The summed E-state index contributed by atoms with van der Waals surface area (Å²) in [7, 11) is 3.30. The van der Waals surface area contributed by atoms with Crippen LogP contribution in [0.25, 0.3) is 0 Å². The number of rotatable bonds is 2. The molecule has 0 amide bonds. The SMILES string of the molecule is COC(=O)C(C)C1(O)CC(C)N(C)C1. The highest BCUT2D eigenvalue weighted by atomic mass is 16.5. The van der Waals surface area contributed by atoms with Crippen molar-refractivity contribution in [1.29, 1.82) is 0 Å². The summed E-state index contributed by atoms with van der Waals surface area (Å²) in [4.78, 5) is 13.4. The van der Waals surface area contributed by atoms with Crippen molar-refractivity contribution in [2.75, 3.05) is 20.7 Å². The molecule has 4 heteroatoms. The van der Waals surface area contributed by atoms with Crippen molar-refractivity contribution in [1.82, 2.24) is 4.90 Å². The van der Waals surface area contributed by atoms with Gasteiger partial charge in [-0.25, -0.2) is 0 Å². The maximum atomic E-state index is 11.3. The standard InChI is InChI=1S/C10H19NO3/c1-7-5-10(13,6-11(7)3)8(2)9(12)14-4/h7-8,13H,5-6H2,1-4H3. The lowest BCUT2D eigenvalue weighted by Crippen LogP contribution is -2.43. The fraction of sp³-hybridized carbons (Fsp3) is 0.900. The number of hydrogen-bond acceptors (Lipinski definition) is 4. The number of β-amino-alcohol motifs (C(OH)–C–C–N with tert-alkyl or cyclic N) is 1. The molecule has 0 spiro atoms. The monoisotopic (exact) mass is 201 g/mol. The van der Waals surface area contributed by atoms with Gasteiger partial charge >= 0.3 is 5.97 Å². The fourth-order valence-electron chi connectivity index (χ4n) is 2.03. The number of likely N-dealkylation sites (tertiary alicyclic amines) is 1. The number of carbonyl (C=O) groups is 1. The van der Waals surface area contributed by atoms with Crippen LogP contribution in [0.2, 0.25) is 0 Å². The summed E-state index contributed by atoms with van der Waals surface area (Å²) in [5.41, 5.74) is -0.929. The molecule has 1 heterocycles. The summed E-state index contributed by atoms with van der Waals surface area (Å²) in [5.74, 6) is -0.796. The number of hydrogen-bond donors (Lipinski definition) is 1. The molecule has 3 atom stereocenters. The van der Waals surface area contributed by atoms with E-state index < -0.39 is 11.5 Å². The maximum absolute atomic E-state index is 11.3. The molecule has 82 valence electrons. The predicted molar refractivity (Wildman–Crippen MR) is 52.8 cm³/mol. The number of methoxy groups -OCH3 is 1. The van der Waals surface area contributed by atoms with Crippen LogP contribution in [0.3, 0.4) is 0 Å². The second kappa shape index (κ2) is 3.87. The van der Waals surface area contributed by atoms with Crippen LogP contribution in [0.4, 0.5) is 0 Å². The third-order valence-corrected chi connectivity index (χ3v) is 3.29. The van der Waals surface area contributed by atoms with Crippen LogP contribution in [0.1, 0.15) is 20.3 Å². The first-order chi connectivity index (χ1) is 6.40. The molecule has 0 aromatic rings. The van der Waals surface area contributed by atoms with Gasteiger partial charge in [0.25, 0.3) is 0 Å². The van der Waals surface area contributed by atoms with Gasteiger partial charge in [0.2, 0.25) is 0 Å². The molecular formula is C10H19NO3. The molecule has 1 rings (SSSR count). The summed E-state index contributed by atoms with van der Waals surface area (Å²) in [6.07, 6.45) is 0.625. The Morgan fingerprint density at radius 2 is 2.29 bits per heavy atom. The number of nitrogens with zero attached hydrogens (tertiary/aromatic N) is 1. The molecule has 3 unspecified atom stereocenters. The molecule has 1 aliphatic rings. The second-order valence-corrected chi connectivity index (χ2v) is 4.32. The van der Waals surface area contributed by atoms with Crippen LogP contribution in [-0.4, -0.2) is 48.3 Å². The number of ether oxygens (including phenoxy) is 1. The molecule has 0 saturated carbocycles. The van der Waals surface area contributed by atoms with E-state index >= 15 is 0 Å². The Hall–Kier alpha value is -0.610. The Morgan fingerprint density at radius 3 is 2.64 bits per heavy atom. The van der Waals surface area contributed by atoms with Crippen LogP contribution in [-0.2, 0) is 9.53 Å². The Kier molecular flexibility index (Phi) is 3.17. The molecule has 0 aromatic heterocycles. The summed E-state index contributed by atoms with van der Waals surface area (Å²) < 4.78 is 4.64. The van der Waals surface area contributed by atoms with Gasteiger partial charge in [0.15, 0.2) is 0 Å². The van der Waals surface area contributed by atoms with E-state index in [2.05, 4.69) is 9.64 Å². The normalized spacial score (nSPS) is 35.6. The molecule has 1 fully saturated rings. The molecular weight excluding hydrogens is 182 g/mol. The van der Waals surface area contributed by atoms with E-state index in [0.29, 0.717) is 19.0 Å². The van der Waals surface area contributed by atoms with Crippen molar-refractivity contribution in [3.63, 3.8) is 0 Å². The van der Waals surface area contributed by atoms with Gasteiger partial charge in [0.05, 0.1) is 18.6 Å². The summed E-state index contributed by atoms with van der Waals surface area (Å²) in [6.45, 7) is 4.30. The molecule has 0 bridgehead atoms. The van der Waals surface area contributed by atoms with E-state index in [9.17, 15) is 9.90 Å². The topological polar surface area (TPSA) is 49.8 Å². The van der Waals surface area contributed by atoms with Crippen molar-refractivity contribution in [2.24, 2.45) is 5.92 Å². The van der Waals surface area contributed by atoms with Crippen molar-refractivity contribution < 1.29 is 14.6 Å². The third kappa shape index (κ3) is 1.91. The highest BCUT2D eigenvalue weighted by Gasteiger charge is 2.46. The van der Waals surface area contributed by atoms with Gasteiger partial charge in [-0.05, 0) is 27.3 Å². The zero-order chi connectivity index (χ0) is 10.9. The zero-order valence-electron chi connectivity index (χ0n) is 9.28. The number of esters is 1. The van der Waals surface area contributed by atoms with Gasteiger partial charge in [-0.2, -0.15) is 0 Å². The Bertz CT molecular complexity index is 219. The van der Waals surface area contributed by atoms with E-state index in [-0.39, 0.29) is 5.97 Å². The molecule has 0 aromatic carbocycles. The van der Waals surface area contributed by atoms with E-state index in [1.807, 2.05) is 14.0 Å². The molecule has 14 heavy (non-hydrogen) atoms. The van der Waals surface area contributed by atoms with Crippen LogP contribution in [0, 0.1) is 5.92 Å². The minimum absolute atomic E-state index is 0.312. The Labute approximate surface area is 84.8 Å². The van der Waals surface area contributed by atoms with Gasteiger partial charge in [0, 0.05) is 12.6 Å². The average Bonchev–Trinajstić information content (AvgIpc) is 2.39. The van der Waals surface area contributed by atoms with Gasteiger partial charge in [-0.15, -0.1) is 0 Å². The van der Waals surface area contributed by atoms with Crippen LogP contribution >= 0.6 is 0 Å². The number of carbonyl (C=O) groups excluding carboxylic acids is 1. The molecule has 1 N–H and O–H groups in total. The van der Waals surface area contributed by atoms with E-state index in [0.717, 1.165) is 0 Å². The molecule has 0 aliphatic carbocycles. The largest absolute Gasteiger partial charge is 0.469 e. The maximum Gasteiger partial charge on any atom is 0.311 e. The number of aliphatic hydroxyl groups is 1. The van der Waals surface area contributed by atoms with Crippen molar-refractivity contribution in [3.8, 4) is 0 Å².